The molecule has 0 fully saturated rings. The van der Waals surface area contributed by atoms with Gasteiger partial charge in [-0.3, -0.25) is 0 Å². The first-order chi connectivity index (χ1) is 7.59. The third-order valence-electron chi connectivity index (χ3n) is 2.59. The van der Waals surface area contributed by atoms with Crippen LogP contribution in [0.5, 0.6) is 5.75 Å². The van der Waals surface area contributed by atoms with Crippen LogP contribution >= 0.6 is 15.9 Å². The van der Waals surface area contributed by atoms with Crippen molar-refractivity contribution in [1.29, 1.82) is 0 Å². The van der Waals surface area contributed by atoms with Gasteiger partial charge in [-0.1, -0.05) is 6.58 Å². The maximum Gasteiger partial charge on any atom is 0.115 e. The maximum atomic E-state index is 9.24. The number of likely N-dealkylation sites (N-methyl/N-ethyl adjacent to an activating group) is 1. The number of halogens is 1. The fraction of sp³-hybridized carbons (Fsp3) is 0.0769. The third-order valence-corrected chi connectivity index (χ3v) is 3.31. The van der Waals surface area contributed by atoms with Gasteiger partial charge in [-0.2, -0.15) is 0 Å². The van der Waals surface area contributed by atoms with Gasteiger partial charge in [0.25, 0.3) is 0 Å². The van der Waals surface area contributed by atoms with Crippen LogP contribution in [0.25, 0.3) is 5.70 Å². The SMILES string of the molecule is C=C1C(Br)=CC=C(c2ccc(O)cc2)N1C. The second-order valence-electron chi connectivity index (χ2n) is 3.62. The first kappa shape index (κ1) is 11.0. The zero-order valence-corrected chi connectivity index (χ0v) is 10.5. The Hall–Kier alpha value is -1.48. The largest absolute Gasteiger partial charge is 0.508 e. The highest BCUT2D eigenvalue weighted by molar-refractivity contribution is 9.12. The van der Waals surface area contributed by atoms with E-state index in [9.17, 15) is 5.11 Å². The predicted molar refractivity (Wildman–Crippen MR) is 70.0 cm³/mol. The fourth-order valence-electron chi connectivity index (χ4n) is 1.59. The summed E-state index contributed by atoms with van der Waals surface area (Å²) < 4.78 is 0.984. The highest BCUT2D eigenvalue weighted by Gasteiger charge is 2.15. The molecule has 0 bridgehead atoms. The van der Waals surface area contributed by atoms with E-state index < -0.39 is 0 Å². The molecule has 1 N–H and O–H groups in total. The number of aromatic hydroxyl groups is 1. The molecule has 0 aromatic heterocycles. The molecular weight excluding hydrogens is 266 g/mol. The molecule has 0 saturated carbocycles. The van der Waals surface area contributed by atoms with Crippen molar-refractivity contribution in [2.75, 3.05) is 7.05 Å². The Kier molecular flexibility index (Phi) is 2.88. The topological polar surface area (TPSA) is 23.5 Å². The molecule has 2 rings (SSSR count). The molecule has 0 amide bonds. The summed E-state index contributed by atoms with van der Waals surface area (Å²) in [7, 11) is 1.97. The average molecular weight is 278 g/mol. The summed E-state index contributed by atoms with van der Waals surface area (Å²) in [5.41, 5.74) is 3.04. The Balaban J connectivity index is 2.42. The van der Waals surface area contributed by atoms with E-state index in [2.05, 4.69) is 22.5 Å². The van der Waals surface area contributed by atoms with Crippen LogP contribution in [0.15, 0.2) is 53.2 Å². The molecule has 82 valence electrons. The molecule has 3 heteroatoms. The smallest absolute Gasteiger partial charge is 0.115 e. The molecule has 0 atom stereocenters. The van der Waals surface area contributed by atoms with Crippen molar-refractivity contribution in [3.8, 4) is 5.75 Å². The fourth-order valence-corrected chi connectivity index (χ4v) is 1.99. The van der Waals surface area contributed by atoms with Crippen LogP contribution in [-0.4, -0.2) is 17.1 Å². The lowest BCUT2D eigenvalue weighted by Gasteiger charge is -2.27. The summed E-state index contributed by atoms with van der Waals surface area (Å²) in [5, 5.41) is 9.24. The summed E-state index contributed by atoms with van der Waals surface area (Å²) in [4.78, 5) is 2.01. The van der Waals surface area contributed by atoms with Crippen LogP contribution in [0.4, 0.5) is 0 Å². The molecule has 1 aromatic rings. The van der Waals surface area contributed by atoms with Gasteiger partial charge in [0.15, 0.2) is 0 Å². The molecule has 0 aliphatic carbocycles. The molecule has 2 nitrogen and oxygen atoms in total. The quantitative estimate of drug-likeness (QED) is 0.850. The number of benzene rings is 1. The van der Waals surface area contributed by atoms with Gasteiger partial charge < -0.3 is 10.0 Å². The second-order valence-corrected chi connectivity index (χ2v) is 4.47. The molecule has 0 spiro atoms. The van der Waals surface area contributed by atoms with Gasteiger partial charge in [-0.25, -0.2) is 0 Å². The first-order valence-corrected chi connectivity index (χ1v) is 5.69. The van der Waals surface area contributed by atoms with E-state index in [1.165, 1.54) is 0 Å². The van der Waals surface area contributed by atoms with Crippen LogP contribution in [-0.2, 0) is 0 Å². The predicted octanol–water partition coefficient (Wildman–Crippen LogP) is 3.47. The monoisotopic (exact) mass is 277 g/mol. The number of allylic oxidation sites excluding steroid dienone is 3. The molecule has 0 saturated heterocycles. The van der Waals surface area contributed by atoms with Gasteiger partial charge in [0.2, 0.25) is 0 Å². The minimum absolute atomic E-state index is 0.276. The van der Waals surface area contributed by atoms with Crippen molar-refractivity contribution in [2.45, 2.75) is 0 Å². The minimum Gasteiger partial charge on any atom is -0.508 e. The van der Waals surface area contributed by atoms with Gasteiger partial charge in [0.1, 0.15) is 5.75 Å². The van der Waals surface area contributed by atoms with Crippen molar-refractivity contribution in [2.24, 2.45) is 0 Å². The first-order valence-electron chi connectivity index (χ1n) is 4.89. The van der Waals surface area contributed by atoms with E-state index in [1.807, 2.05) is 36.2 Å². The molecule has 1 aliphatic heterocycles. The van der Waals surface area contributed by atoms with Gasteiger partial charge in [0, 0.05) is 22.9 Å². The Morgan fingerprint density at radius 2 is 1.81 bits per heavy atom. The van der Waals surface area contributed by atoms with E-state index in [0.29, 0.717) is 0 Å². The zero-order chi connectivity index (χ0) is 11.7. The standard InChI is InChI=1S/C13H12BrNO/c1-9-12(14)7-8-13(15(9)2)10-3-5-11(16)6-4-10/h3-8,16H,1H2,2H3. The van der Waals surface area contributed by atoms with E-state index in [0.717, 1.165) is 21.4 Å². The third kappa shape index (κ3) is 1.91. The van der Waals surface area contributed by atoms with E-state index in [4.69, 9.17) is 0 Å². The van der Waals surface area contributed by atoms with Crippen molar-refractivity contribution in [1.82, 2.24) is 4.90 Å². The number of phenols is 1. The van der Waals surface area contributed by atoms with Gasteiger partial charge >= 0.3 is 0 Å². The molecule has 0 unspecified atom stereocenters. The summed E-state index contributed by atoms with van der Waals surface area (Å²) >= 11 is 3.44. The summed E-state index contributed by atoms with van der Waals surface area (Å²) in [6.07, 6.45) is 4.00. The zero-order valence-electron chi connectivity index (χ0n) is 8.94. The highest BCUT2D eigenvalue weighted by Crippen LogP contribution is 2.31. The van der Waals surface area contributed by atoms with E-state index >= 15 is 0 Å². The van der Waals surface area contributed by atoms with Crippen molar-refractivity contribution >= 4 is 21.6 Å². The molecule has 16 heavy (non-hydrogen) atoms. The number of rotatable bonds is 1. The molecule has 1 heterocycles. The van der Waals surface area contributed by atoms with Crippen molar-refractivity contribution in [3.63, 3.8) is 0 Å². The Morgan fingerprint density at radius 1 is 1.19 bits per heavy atom. The Labute approximate surface area is 103 Å². The average Bonchev–Trinajstić information content (AvgIpc) is 2.28. The lowest BCUT2D eigenvalue weighted by molar-refractivity contribution is 0.475. The molecule has 0 radical (unpaired) electrons. The van der Waals surface area contributed by atoms with Crippen LogP contribution in [0, 0.1) is 0 Å². The maximum absolute atomic E-state index is 9.24. The molecular formula is C13H12BrNO. The number of phenolic OH excluding ortho intramolecular Hbond substituents is 1. The molecule has 1 aliphatic rings. The van der Waals surface area contributed by atoms with Crippen LogP contribution in [0.2, 0.25) is 0 Å². The summed E-state index contributed by atoms with van der Waals surface area (Å²) in [6.45, 7) is 3.99. The lowest BCUT2D eigenvalue weighted by atomic mass is 10.1. The van der Waals surface area contributed by atoms with Crippen LogP contribution in [0.1, 0.15) is 5.56 Å². The second kappa shape index (κ2) is 4.18. The number of hydrogen-bond acceptors (Lipinski definition) is 2. The minimum atomic E-state index is 0.276. The molecule has 1 aromatic carbocycles. The summed E-state index contributed by atoms with van der Waals surface area (Å²) in [6, 6.07) is 7.14. The Bertz CT molecular complexity index is 485. The number of hydrogen-bond donors (Lipinski definition) is 1. The van der Waals surface area contributed by atoms with Gasteiger partial charge in [-0.15, -0.1) is 0 Å². The Morgan fingerprint density at radius 3 is 2.44 bits per heavy atom. The normalized spacial score (nSPS) is 15.9. The van der Waals surface area contributed by atoms with Crippen molar-refractivity contribution in [3.05, 3.63) is 58.7 Å². The number of nitrogens with zero attached hydrogens (tertiary/aromatic N) is 1. The van der Waals surface area contributed by atoms with Crippen LogP contribution < -0.4 is 0 Å². The van der Waals surface area contributed by atoms with E-state index in [-0.39, 0.29) is 5.75 Å². The van der Waals surface area contributed by atoms with Crippen molar-refractivity contribution < 1.29 is 5.11 Å². The summed E-state index contributed by atoms with van der Waals surface area (Å²) in [5.74, 6) is 0.276. The lowest BCUT2D eigenvalue weighted by Crippen LogP contribution is -2.17. The van der Waals surface area contributed by atoms with Crippen LogP contribution in [0.3, 0.4) is 0 Å². The van der Waals surface area contributed by atoms with Gasteiger partial charge in [0.05, 0.1) is 0 Å². The highest BCUT2D eigenvalue weighted by atomic mass is 79.9. The van der Waals surface area contributed by atoms with Gasteiger partial charge in [-0.05, 0) is 57.9 Å². The van der Waals surface area contributed by atoms with E-state index in [1.54, 1.807) is 12.1 Å².